The molecule has 0 radical (unpaired) electrons. The number of fused-ring (bicyclic) bond motifs is 5. The molecule has 8 rings (SSSR count). The van der Waals surface area contributed by atoms with Crippen LogP contribution in [0, 0.1) is 5.82 Å². The lowest BCUT2D eigenvalue weighted by Crippen LogP contribution is -2.41. The minimum atomic E-state index is -0.637. The van der Waals surface area contributed by atoms with E-state index in [1.807, 2.05) is 55.4 Å². The third-order valence-electron chi connectivity index (χ3n) is 10.8. The zero-order valence-corrected chi connectivity index (χ0v) is 31.4. The number of rotatable bonds is 14. The minimum absolute atomic E-state index is 0.0389. The van der Waals surface area contributed by atoms with Crippen LogP contribution in [0.3, 0.4) is 0 Å². The first-order valence-corrected chi connectivity index (χ1v) is 19.3. The summed E-state index contributed by atoms with van der Waals surface area (Å²) in [6.07, 6.45) is 4.12. The lowest BCUT2D eigenvalue weighted by atomic mass is 10.0. The molecule has 1 atom stereocenters. The van der Waals surface area contributed by atoms with Crippen molar-refractivity contribution < 1.29 is 27.9 Å². The molecule has 5 heterocycles. The van der Waals surface area contributed by atoms with E-state index in [2.05, 4.69) is 25.8 Å². The Bertz CT molecular complexity index is 2300. The van der Waals surface area contributed by atoms with Gasteiger partial charge in [-0.2, -0.15) is 0 Å². The number of amides is 2. The molecule has 2 aromatic heterocycles. The number of anilines is 1. The summed E-state index contributed by atoms with van der Waals surface area (Å²) in [6, 6.07) is 12.4. The highest BCUT2D eigenvalue weighted by atomic mass is 19.1. The van der Waals surface area contributed by atoms with Crippen molar-refractivity contribution in [2.24, 2.45) is 0 Å². The Balaban J connectivity index is 1.06. The van der Waals surface area contributed by atoms with Gasteiger partial charge in [-0.1, -0.05) is 18.2 Å². The maximum atomic E-state index is 16.5. The molecule has 2 fully saturated rings. The fourth-order valence-electron chi connectivity index (χ4n) is 7.90. The quantitative estimate of drug-likeness (QED) is 0.139. The van der Waals surface area contributed by atoms with Crippen LogP contribution in [0.1, 0.15) is 36.0 Å². The van der Waals surface area contributed by atoms with Crippen molar-refractivity contribution >= 4 is 50.3 Å². The monoisotopic (exact) mass is 753 g/mol. The Morgan fingerprint density at radius 1 is 0.964 bits per heavy atom. The number of hydrogen-bond acceptors (Lipinski definition) is 10. The van der Waals surface area contributed by atoms with Gasteiger partial charge in [-0.15, -0.1) is 0 Å². The number of unbranched alkanes of at least 4 members (excludes halogenated alkanes) is 1. The molecule has 0 aliphatic carbocycles. The van der Waals surface area contributed by atoms with Gasteiger partial charge in [0.1, 0.15) is 27.9 Å². The minimum Gasteiger partial charge on any atom is -0.456 e. The lowest BCUT2D eigenvalue weighted by molar-refractivity contribution is -0.121. The number of nitrogens with one attached hydrogen (secondary N) is 3. The van der Waals surface area contributed by atoms with Crippen LogP contribution in [0.25, 0.3) is 38.5 Å². The second-order valence-electron chi connectivity index (χ2n) is 14.9. The largest absolute Gasteiger partial charge is 0.456 e. The fraction of sp³-hybridized carbons (Fsp3) is 0.439. The number of morpholine rings is 1. The molecule has 5 aromatic rings. The summed E-state index contributed by atoms with van der Waals surface area (Å²) in [5.74, 6) is -0.593. The number of hydrogen-bond donors (Lipinski definition) is 3. The van der Waals surface area contributed by atoms with E-state index in [1.54, 1.807) is 4.57 Å². The van der Waals surface area contributed by atoms with Gasteiger partial charge in [-0.3, -0.25) is 19.3 Å². The molecule has 3 aliphatic heterocycles. The first-order valence-electron chi connectivity index (χ1n) is 19.3. The van der Waals surface area contributed by atoms with Crippen LogP contribution in [-0.2, 0) is 9.53 Å². The Kier molecular flexibility index (Phi) is 10.7. The van der Waals surface area contributed by atoms with Crippen LogP contribution in [0.5, 0.6) is 11.5 Å². The average Bonchev–Trinajstić information content (AvgIpc) is 3.78. The molecular weight excluding hydrogens is 705 g/mol. The van der Waals surface area contributed by atoms with Crippen molar-refractivity contribution in [3.63, 3.8) is 0 Å². The molecule has 14 heteroatoms. The predicted octanol–water partition coefficient (Wildman–Crippen LogP) is 4.21. The summed E-state index contributed by atoms with van der Waals surface area (Å²) >= 11 is 0. The third-order valence-corrected chi connectivity index (χ3v) is 10.8. The zero-order chi connectivity index (χ0) is 38.1. The van der Waals surface area contributed by atoms with Crippen LogP contribution in [0.2, 0.25) is 0 Å². The molecule has 13 nitrogen and oxygen atoms in total. The van der Waals surface area contributed by atoms with Gasteiger partial charge >= 0.3 is 0 Å². The van der Waals surface area contributed by atoms with Crippen molar-refractivity contribution in [2.45, 2.75) is 31.7 Å². The van der Waals surface area contributed by atoms with E-state index in [0.29, 0.717) is 67.1 Å². The number of carbonyl (C=O) groups is 2. The Hall–Kier alpha value is -5.02. The van der Waals surface area contributed by atoms with E-state index in [9.17, 15) is 14.4 Å². The molecule has 0 unspecified atom stereocenters. The molecule has 0 saturated carbocycles. The number of para-hydroxylation sites is 1. The van der Waals surface area contributed by atoms with E-state index in [-0.39, 0.29) is 34.3 Å². The van der Waals surface area contributed by atoms with Crippen LogP contribution in [0.4, 0.5) is 10.1 Å². The normalized spacial score (nSPS) is 16.9. The highest BCUT2D eigenvalue weighted by molar-refractivity contribution is 6.07. The van der Waals surface area contributed by atoms with Crippen LogP contribution in [0.15, 0.2) is 57.9 Å². The van der Waals surface area contributed by atoms with Crippen molar-refractivity contribution in [2.75, 3.05) is 91.1 Å². The zero-order valence-electron chi connectivity index (χ0n) is 31.4. The van der Waals surface area contributed by atoms with Crippen molar-refractivity contribution in [1.29, 1.82) is 0 Å². The van der Waals surface area contributed by atoms with E-state index in [4.69, 9.17) is 13.9 Å². The molecule has 3 aliphatic rings. The van der Waals surface area contributed by atoms with Gasteiger partial charge in [0.15, 0.2) is 17.3 Å². The number of halogens is 1. The number of furan rings is 1. The van der Waals surface area contributed by atoms with E-state index in [1.165, 1.54) is 12.3 Å². The van der Waals surface area contributed by atoms with Gasteiger partial charge in [-0.05, 0) is 58.1 Å². The molecule has 2 saturated heterocycles. The molecular formula is C41H48FN7O6. The average molecular weight is 754 g/mol. The highest BCUT2D eigenvalue weighted by Crippen LogP contribution is 2.49. The Labute approximate surface area is 318 Å². The standard InChI is InChI=1S/C41H48FN7O6/c1-46(2)14-6-5-11-44-41(52)30-25-49-32-23-34-28(27-7-3-4-8-33(27)54-34)22-35(32)55-40-37(49)29(39(30)51)21-31(42)38(40)48-15-10-26(24-48)45-36(50)9-12-43-13-16-47-17-19-53-20-18-47/h3-4,7-8,21-23,25-26,43H,5-6,9-20,24H2,1-2H3,(H,44,52)(H,45,50)/t26-/m1/s1. The van der Waals surface area contributed by atoms with Gasteiger partial charge in [0, 0.05) is 87.9 Å². The maximum Gasteiger partial charge on any atom is 0.256 e. The number of pyridine rings is 1. The molecule has 3 aromatic carbocycles. The summed E-state index contributed by atoms with van der Waals surface area (Å²) < 4.78 is 36.5. The van der Waals surface area contributed by atoms with Crippen LogP contribution in [-0.4, -0.2) is 118 Å². The van der Waals surface area contributed by atoms with Gasteiger partial charge in [-0.25, -0.2) is 4.39 Å². The summed E-state index contributed by atoms with van der Waals surface area (Å²) in [5, 5.41) is 11.1. The number of aromatic nitrogens is 1. The van der Waals surface area contributed by atoms with Crippen LogP contribution >= 0.6 is 0 Å². The van der Waals surface area contributed by atoms with E-state index < -0.39 is 17.2 Å². The second-order valence-corrected chi connectivity index (χ2v) is 14.9. The van der Waals surface area contributed by atoms with Crippen molar-refractivity contribution in [1.82, 2.24) is 30.3 Å². The molecule has 55 heavy (non-hydrogen) atoms. The molecule has 2 amide bonds. The molecule has 0 bridgehead atoms. The predicted molar refractivity (Wildman–Crippen MR) is 210 cm³/mol. The molecule has 290 valence electrons. The lowest BCUT2D eigenvalue weighted by Gasteiger charge is -2.29. The van der Waals surface area contributed by atoms with E-state index >= 15 is 4.39 Å². The molecule has 0 spiro atoms. The number of nitrogens with zero attached hydrogens (tertiary/aromatic N) is 4. The maximum absolute atomic E-state index is 16.5. The molecule has 3 N–H and O–H groups in total. The SMILES string of the molecule is CN(C)CCCCNC(=O)c1cn2c3c(c(N4CC[C@@H](NC(=O)CCNCCN5CCOCC5)C4)c(F)cc3c1=O)Oc1cc3c(cc1-2)oc1ccccc13. The fourth-order valence-corrected chi connectivity index (χ4v) is 7.90. The number of carbonyl (C=O) groups excluding carboxylic acids is 2. The Morgan fingerprint density at radius 3 is 2.64 bits per heavy atom. The summed E-state index contributed by atoms with van der Waals surface area (Å²) in [7, 11) is 3.99. The van der Waals surface area contributed by atoms with Gasteiger partial charge in [0.25, 0.3) is 5.91 Å². The van der Waals surface area contributed by atoms with Gasteiger partial charge in [0.2, 0.25) is 11.3 Å². The summed E-state index contributed by atoms with van der Waals surface area (Å²) in [5.41, 5.74) is 1.79. The summed E-state index contributed by atoms with van der Waals surface area (Å²) in [4.78, 5) is 46.7. The smallest absolute Gasteiger partial charge is 0.256 e. The summed E-state index contributed by atoms with van der Waals surface area (Å²) in [6.45, 7) is 7.77. The highest BCUT2D eigenvalue weighted by Gasteiger charge is 2.34. The first-order chi connectivity index (χ1) is 26.7. The van der Waals surface area contributed by atoms with E-state index in [0.717, 1.165) is 69.6 Å². The van der Waals surface area contributed by atoms with Crippen LogP contribution < -0.4 is 31.0 Å². The third kappa shape index (κ3) is 7.64. The number of ether oxygens (including phenoxy) is 2. The Morgan fingerprint density at radius 2 is 1.80 bits per heavy atom. The topological polar surface area (TPSA) is 134 Å². The van der Waals surface area contributed by atoms with Crippen molar-refractivity contribution in [3.05, 3.63) is 70.3 Å². The van der Waals surface area contributed by atoms with Crippen molar-refractivity contribution in [3.8, 4) is 17.2 Å². The second kappa shape index (κ2) is 16.0. The van der Waals surface area contributed by atoms with Gasteiger partial charge < -0.3 is 44.2 Å². The first kappa shape index (κ1) is 36.9. The number of benzene rings is 3. The van der Waals surface area contributed by atoms with Gasteiger partial charge in [0.05, 0.1) is 24.3 Å².